The number of benzene rings is 1. The van der Waals surface area contributed by atoms with Crippen molar-refractivity contribution in [3.8, 4) is 11.6 Å². The average molecular weight is 381 g/mol. The lowest BCUT2D eigenvalue weighted by atomic mass is 10.1. The summed E-state index contributed by atoms with van der Waals surface area (Å²) in [5.74, 6) is 0.258. The third-order valence-corrected chi connectivity index (χ3v) is 4.09. The van der Waals surface area contributed by atoms with Gasteiger partial charge in [0, 0.05) is 12.7 Å². The van der Waals surface area contributed by atoms with Gasteiger partial charge in [-0.15, -0.1) is 0 Å². The molecule has 3 rings (SSSR count). The second-order valence-electron chi connectivity index (χ2n) is 6.01. The first kappa shape index (κ1) is 18.8. The van der Waals surface area contributed by atoms with Crippen molar-refractivity contribution in [2.45, 2.75) is 18.8 Å². The topological polar surface area (TPSA) is 63.7 Å². The predicted molar refractivity (Wildman–Crippen MR) is 90.5 cm³/mol. The highest BCUT2D eigenvalue weighted by molar-refractivity contribution is 5.75. The zero-order chi connectivity index (χ0) is 19.4. The van der Waals surface area contributed by atoms with Crippen LogP contribution in [0.1, 0.15) is 11.1 Å². The van der Waals surface area contributed by atoms with Crippen LogP contribution in [0, 0.1) is 0 Å². The van der Waals surface area contributed by atoms with Crippen molar-refractivity contribution in [3.63, 3.8) is 0 Å². The van der Waals surface area contributed by atoms with Crippen molar-refractivity contribution in [2.24, 2.45) is 0 Å². The van der Waals surface area contributed by atoms with Crippen LogP contribution in [0.15, 0.2) is 42.6 Å². The zero-order valence-corrected chi connectivity index (χ0v) is 14.5. The van der Waals surface area contributed by atoms with Crippen LogP contribution in [0.25, 0.3) is 0 Å². The number of carbonyl (C=O) groups is 1. The van der Waals surface area contributed by atoms with E-state index in [2.05, 4.69) is 10.3 Å². The van der Waals surface area contributed by atoms with E-state index >= 15 is 0 Å². The van der Waals surface area contributed by atoms with Gasteiger partial charge in [-0.1, -0.05) is 12.1 Å². The fourth-order valence-corrected chi connectivity index (χ4v) is 2.57. The maximum atomic E-state index is 12.9. The van der Waals surface area contributed by atoms with Crippen LogP contribution in [0.5, 0.6) is 11.6 Å². The summed E-state index contributed by atoms with van der Waals surface area (Å²) in [6.45, 7) is 0.730. The molecule has 27 heavy (non-hydrogen) atoms. The number of halogens is 3. The number of rotatable bonds is 5. The summed E-state index contributed by atoms with van der Waals surface area (Å²) in [4.78, 5) is 17.2. The van der Waals surface area contributed by atoms with Gasteiger partial charge >= 0.3 is 12.2 Å². The molecule has 0 bridgehead atoms. The summed E-state index contributed by atoms with van der Waals surface area (Å²) >= 11 is 0. The Balaban J connectivity index is 1.47. The minimum absolute atomic E-state index is 0.197. The summed E-state index contributed by atoms with van der Waals surface area (Å²) in [5, 5.41) is 2.75. The number of alkyl halides is 3. The third-order valence-electron chi connectivity index (χ3n) is 4.09. The summed E-state index contributed by atoms with van der Waals surface area (Å²) < 4.78 is 49.2. The number of nitrogens with zero attached hydrogens (tertiary/aromatic N) is 2. The zero-order valence-electron chi connectivity index (χ0n) is 14.5. The van der Waals surface area contributed by atoms with Crippen LogP contribution in [0.4, 0.5) is 18.0 Å². The molecule has 0 radical (unpaired) electrons. The van der Waals surface area contributed by atoms with E-state index in [9.17, 15) is 18.0 Å². The first-order chi connectivity index (χ1) is 12.9. The number of pyridine rings is 1. The molecule has 1 N–H and O–H groups in total. The SMILES string of the molecule is COc1ccc(CNC(=O)N2CC(Oc3ncccc3C(F)(F)F)C2)cc1. The smallest absolute Gasteiger partial charge is 0.421 e. The molecule has 144 valence electrons. The average Bonchev–Trinajstić information content (AvgIpc) is 2.62. The van der Waals surface area contributed by atoms with Crippen molar-refractivity contribution in [1.82, 2.24) is 15.2 Å². The quantitative estimate of drug-likeness (QED) is 0.865. The van der Waals surface area contributed by atoms with Gasteiger partial charge in [0.2, 0.25) is 5.88 Å². The largest absolute Gasteiger partial charge is 0.497 e. The van der Waals surface area contributed by atoms with Crippen LogP contribution in [0.2, 0.25) is 0 Å². The Labute approximate surface area is 153 Å². The number of hydrogen-bond donors (Lipinski definition) is 1. The van der Waals surface area contributed by atoms with Crippen molar-refractivity contribution in [1.29, 1.82) is 0 Å². The fraction of sp³-hybridized carbons (Fsp3) is 0.333. The van der Waals surface area contributed by atoms with Crippen LogP contribution in [0.3, 0.4) is 0 Å². The van der Waals surface area contributed by atoms with Crippen LogP contribution >= 0.6 is 0 Å². The highest BCUT2D eigenvalue weighted by Crippen LogP contribution is 2.35. The standard InChI is InChI=1S/C18H18F3N3O3/c1-26-13-6-4-12(5-7-13)9-23-17(25)24-10-14(11-24)27-16-15(18(19,20)21)3-2-8-22-16/h2-8,14H,9-11H2,1H3,(H,23,25). The molecule has 9 heteroatoms. The van der Waals surface area contributed by atoms with E-state index in [0.717, 1.165) is 17.4 Å². The van der Waals surface area contributed by atoms with Gasteiger partial charge in [-0.05, 0) is 29.8 Å². The molecule has 0 atom stereocenters. The number of nitrogens with one attached hydrogen (secondary N) is 1. The van der Waals surface area contributed by atoms with E-state index in [-0.39, 0.29) is 19.1 Å². The number of urea groups is 1. The molecule has 1 saturated heterocycles. The number of likely N-dealkylation sites (tertiary alicyclic amines) is 1. The number of amides is 2. The molecule has 2 aromatic rings. The van der Waals surface area contributed by atoms with Crippen molar-refractivity contribution < 1.29 is 27.4 Å². The second-order valence-corrected chi connectivity index (χ2v) is 6.01. The maximum absolute atomic E-state index is 12.9. The number of carbonyl (C=O) groups excluding carboxylic acids is 1. The van der Waals surface area contributed by atoms with Crippen LogP contribution < -0.4 is 14.8 Å². The first-order valence-electron chi connectivity index (χ1n) is 8.21. The molecular formula is C18H18F3N3O3. The number of aromatic nitrogens is 1. The molecule has 2 heterocycles. The summed E-state index contributed by atoms with van der Waals surface area (Å²) in [6, 6.07) is 9.07. The van der Waals surface area contributed by atoms with E-state index in [1.165, 1.54) is 17.2 Å². The minimum atomic E-state index is -4.54. The van der Waals surface area contributed by atoms with Crippen LogP contribution in [-0.2, 0) is 12.7 Å². The highest BCUT2D eigenvalue weighted by atomic mass is 19.4. The molecule has 0 aliphatic carbocycles. The molecule has 1 fully saturated rings. The lowest BCUT2D eigenvalue weighted by Gasteiger charge is -2.38. The van der Waals surface area contributed by atoms with Gasteiger partial charge in [0.25, 0.3) is 0 Å². The van der Waals surface area contributed by atoms with Gasteiger partial charge in [0.05, 0.1) is 20.2 Å². The molecule has 2 amide bonds. The monoisotopic (exact) mass is 381 g/mol. The Hall–Kier alpha value is -2.97. The Bertz CT molecular complexity index is 790. The number of hydrogen-bond acceptors (Lipinski definition) is 4. The van der Waals surface area contributed by atoms with E-state index in [0.29, 0.717) is 6.54 Å². The van der Waals surface area contributed by atoms with Gasteiger partial charge in [-0.2, -0.15) is 13.2 Å². The first-order valence-corrected chi connectivity index (χ1v) is 8.21. The van der Waals surface area contributed by atoms with E-state index in [1.807, 2.05) is 12.1 Å². The Kier molecular flexibility index (Phi) is 5.38. The minimum Gasteiger partial charge on any atom is -0.497 e. The highest BCUT2D eigenvalue weighted by Gasteiger charge is 2.38. The second kappa shape index (κ2) is 7.73. The molecule has 1 aliphatic heterocycles. The normalized spacial score (nSPS) is 14.4. The Morgan fingerprint density at radius 3 is 2.59 bits per heavy atom. The van der Waals surface area contributed by atoms with Crippen molar-refractivity contribution >= 4 is 6.03 Å². The lowest BCUT2D eigenvalue weighted by Crippen LogP contribution is -2.58. The third kappa shape index (κ3) is 4.60. The van der Waals surface area contributed by atoms with E-state index in [1.54, 1.807) is 19.2 Å². The Morgan fingerprint density at radius 1 is 1.26 bits per heavy atom. The number of ether oxygens (including phenoxy) is 2. The molecule has 6 nitrogen and oxygen atoms in total. The van der Waals surface area contributed by atoms with Crippen molar-refractivity contribution in [3.05, 3.63) is 53.7 Å². The predicted octanol–water partition coefficient (Wildman–Crippen LogP) is 3.08. The van der Waals surface area contributed by atoms with Gasteiger partial charge in [-0.3, -0.25) is 0 Å². The molecular weight excluding hydrogens is 363 g/mol. The molecule has 0 spiro atoms. The van der Waals surface area contributed by atoms with Gasteiger partial charge < -0.3 is 19.7 Å². The van der Waals surface area contributed by atoms with E-state index in [4.69, 9.17) is 9.47 Å². The summed E-state index contributed by atoms with van der Waals surface area (Å²) in [5.41, 5.74) is -0.0202. The van der Waals surface area contributed by atoms with Gasteiger partial charge in [0.15, 0.2) is 0 Å². The molecule has 1 aromatic carbocycles. The maximum Gasteiger partial charge on any atom is 0.421 e. The lowest BCUT2D eigenvalue weighted by molar-refractivity contribution is -0.140. The molecule has 1 aromatic heterocycles. The fourth-order valence-electron chi connectivity index (χ4n) is 2.57. The van der Waals surface area contributed by atoms with Crippen molar-refractivity contribution in [2.75, 3.05) is 20.2 Å². The summed E-state index contributed by atoms with van der Waals surface area (Å²) in [6.07, 6.45) is -3.82. The molecule has 0 saturated carbocycles. The number of methoxy groups -OCH3 is 1. The van der Waals surface area contributed by atoms with Gasteiger partial charge in [-0.25, -0.2) is 9.78 Å². The van der Waals surface area contributed by atoms with Crippen LogP contribution in [-0.4, -0.2) is 42.2 Å². The van der Waals surface area contributed by atoms with E-state index < -0.39 is 23.7 Å². The molecule has 0 unspecified atom stereocenters. The Morgan fingerprint density at radius 2 is 1.96 bits per heavy atom. The molecule has 1 aliphatic rings. The summed E-state index contributed by atoms with van der Waals surface area (Å²) in [7, 11) is 1.57. The van der Waals surface area contributed by atoms with Gasteiger partial charge in [0.1, 0.15) is 17.4 Å².